The van der Waals surface area contributed by atoms with Crippen LogP contribution in [0, 0.1) is 5.92 Å². The molecule has 0 radical (unpaired) electrons. The molecule has 1 fully saturated rings. The summed E-state index contributed by atoms with van der Waals surface area (Å²) in [5, 5.41) is 3.36. The summed E-state index contributed by atoms with van der Waals surface area (Å²) in [4.78, 5) is 24.9. The first kappa shape index (κ1) is 17.1. The Bertz CT molecular complexity index is 924. The van der Waals surface area contributed by atoms with Gasteiger partial charge in [0.2, 0.25) is 0 Å². The largest absolute Gasteiger partial charge is 0.377 e. The lowest BCUT2D eigenvalue weighted by atomic mass is 10.1. The summed E-state index contributed by atoms with van der Waals surface area (Å²) in [6.07, 6.45) is 10.6. The Balaban J connectivity index is 0.000000814. The second kappa shape index (κ2) is 6.46. The first-order valence-electron chi connectivity index (χ1n) is 9.01. The van der Waals surface area contributed by atoms with Crippen molar-refractivity contribution in [1.82, 2.24) is 19.8 Å². The standard InChI is InChI=1S/C17H17N5OS.C2H6/c1-21(2)12-3-4-18-16-13(12)14-15(24-16)17(23)22(8-20-14)10-5-9-6-11(9)19-7-10;1-2/h3-5,7-9,11,16,18H,6H2,1-2H3;1-2H3. The number of dihydropyridines is 2. The van der Waals surface area contributed by atoms with Gasteiger partial charge in [0.15, 0.2) is 0 Å². The second-order valence-corrected chi connectivity index (χ2v) is 7.74. The average Bonchev–Trinajstić information content (AvgIpc) is 3.34. The van der Waals surface area contributed by atoms with Crippen molar-refractivity contribution in [3.8, 4) is 0 Å². The molecule has 0 saturated heterocycles. The van der Waals surface area contributed by atoms with Crippen molar-refractivity contribution >= 4 is 29.2 Å². The molecule has 7 heteroatoms. The number of thioether (sulfide) groups is 1. The van der Waals surface area contributed by atoms with Crippen LogP contribution in [-0.4, -0.2) is 46.2 Å². The SMILES string of the molecule is CC.CN(C)C1=C2c3ncn(C4=CC5CC5N=C4)c(=O)c3SC2NC=C1. The van der Waals surface area contributed by atoms with E-state index in [0.717, 1.165) is 29.1 Å². The number of aromatic nitrogens is 2. The molecule has 0 amide bonds. The van der Waals surface area contributed by atoms with Crippen LogP contribution >= 0.6 is 11.8 Å². The summed E-state index contributed by atoms with van der Waals surface area (Å²) in [5.41, 5.74) is 3.81. The van der Waals surface area contributed by atoms with Crippen molar-refractivity contribution in [3.05, 3.63) is 46.4 Å². The highest BCUT2D eigenvalue weighted by Gasteiger charge is 2.38. The number of likely N-dealkylation sites (N-methyl/N-ethyl adjacent to an activating group) is 1. The zero-order valence-electron chi connectivity index (χ0n) is 15.4. The minimum atomic E-state index is -0.0105. The summed E-state index contributed by atoms with van der Waals surface area (Å²) < 4.78 is 1.63. The van der Waals surface area contributed by atoms with Crippen LogP contribution in [0.4, 0.5) is 0 Å². The van der Waals surface area contributed by atoms with E-state index in [2.05, 4.69) is 26.3 Å². The minimum Gasteiger partial charge on any atom is -0.377 e. The van der Waals surface area contributed by atoms with E-state index in [-0.39, 0.29) is 10.9 Å². The average molecular weight is 369 g/mol. The van der Waals surface area contributed by atoms with Crippen LogP contribution in [-0.2, 0) is 0 Å². The Kier molecular flexibility index (Phi) is 4.26. The fourth-order valence-electron chi connectivity index (χ4n) is 3.42. The van der Waals surface area contributed by atoms with E-state index in [1.165, 1.54) is 0 Å². The van der Waals surface area contributed by atoms with Crippen LogP contribution in [0.1, 0.15) is 26.0 Å². The molecule has 1 aliphatic carbocycles. The van der Waals surface area contributed by atoms with Crippen LogP contribution in [0.3, 0.4) is 0 Å². The highest BCUT2D eigenvalue weighted by molar-refractivity contribution is 8.00. The molecular weight excluding hydrogens is 346 g/mol. The van der Waals surface area contributed by atoms with Gasteiger partial charge in [0.25, 0.3) is 5.56 Å². The smallest absolute Gasteiger partial charge is 0.272 e. The van der Waals surface area contributed by atoms with Gasteiger partial charge >= 0.3 is 0 Å². The summed E-state index contributed by atoms with van der Waals surface area (Å²) in [5.74, 6) is 0.495. The highest BCUT2D eigenvalue weighted by Crippen LogP contribution is 2.44. The van der Waals surface area contributed by atoms with Gasteiger partial charge in [-0.25, -0.2) is 4.98 Å². The molecule has 1 aromatic heterocycles. The van der Waals surface area contributed by atoms with Crippen LogP contribution in [0.5, 0.6) is 0 Å². The van der Waals surface area contributed by atoms with Gasteiger partial charge in [-0.05, 0) is 18.7 Å². The molecule has 3 aliphatic heterocycles. The van der Waals surface area contributed by atoms with Gasteiger partial charge in [-0.1, -0.05) is 31.7 Å². The van der Waals surface area contributed by atoms with Crippen LogP contribution < -0.4 is 10.9 Å². The normalized spacial score (nSPS) is 26.8. The lowest BCUT2D eigenvalue weighted by Crippen LogP contribution is -2.27. The maximum absolute atomic E-state index is 13.0. The minimum absolute atomic E-state index is 0.0105. The Morgan fingerprint density at radius 2 is 2.15 bits per heavy atom. The van der Waals surface area contributed by atoms with Crippen molar-refractivity contribution in [2.24, 2.45) is 10.9 Å². The number of aliphatic imine (C=N–C) groups is 1. The van der Waals surface area contributed by atoms with Gasteiger partial charge < -0.3 is 10.2 Å². The van der Waals surface area contributed by atoms with Gasteiger partial charge in [0.05, 0.1) is 17.4 Å². The van der Waals surface area contributed by atoms with Crippen LogP contribution in [0.25, 0.3) is 11.3 Å². The number of nitrogens with one attached hydrogen (secondary N) is 1. The summed E-state index contributed by atoms with van der Waals surface area (Å²) in [7, 11) is 4.02. The molecule has 4 aliphatic rings. The van der Waals surface area contributed by atoms with Gasteiger partial charge in [-0.15, -0.1) is 0 Å². The van der Waals surface area contributed by atoms with Crippen molar-refractivity contribution < 1.29 is 0 Å². The maximum atomic E-state index is 13.0. The van der Waals surface area contributed by atoms with Crippen molar-refractivity contribution in [3.63, 3.8) is 0 Å². The molecular formula is C19H23N5OS. The summed E-state index contributed by atoms with van der Waals surface area (Å²) in [6.45, 7) is 4.00. The fraction of sp³-hybridized carbons (Fsp3) is 0.421. The molecule has 0 aromatic carbocycles. The molecule has 3 atom stereocenters. The number of nitrogens with zero attached hydrogens (tertiary/aromatic N) is 4. The molecule has 0 bridgehead atoms. The Hall–Kier alpha value is -2.28. The molecule has 1 N–H and O–H groups in total. The van der Waals surface area contributed by atoms with Gasteiger partial charge in [-0.2, -0.15) is 0 Å². The van der Waals surface area contributed by atoms with Crippen molar-refractivity contribution in [1.29, 1.82) is 0 Å². The predicted octanol–water partition coefficient (Wildman–Crippen LogP) is 2.40. The van der Waals surface area contributed by atoms with Crippen molar-refractivity contribution in [2.75, 3.05) is 14.1 Å². The molecule has 1 aromatic rings. The first-order chi connectivity index (χ1) is 12.6. The third-order valence-corrected chi connectivity index (χ3v) is 6.01. The predicted molar refractivity (Wildman–Crippen MR) is 107 cm³/mol. The summed E-state index contributed by atoms with van der Waals surface area (Å²) in [6, 6.07) is 0.437. The lowest BCUT2D eigenvalue weighted by molar-refractivity contribution is 0.526. The molecule has 1 saturated carbocycles. The Morgan fingerprint density at radius 3 is 2.88 bits per heavy atom. The summed E-state index contributed by atoms with van der Waals surface area (Å²) >= 11 is 1.54. The first-order valence-corrected chi connectivity index (χ1v) is 9.89. The number of rotatable bonds is 2. The molecule has 0 spiro atoms. The quantitative estimate of drug-likeness (QED) is 0.867. The third kappa shape index (κ3) is 2.61. The van der Waals surface area contributed by atoms with Crippen molar-refractivity contribution in [2.45, 2.75) is 36.6 Å². The van der Waals surface area contributed by atoms with E-state index in [1.807, 2.05) is 40.2 Å². The number of fused-ring (bicyclic) bond motifs is 4. The number of allylic oxidation sites excluding steroid dienone is 2. The van der Waals surface area contributed by atoms with E-state index in [0.29, 0.717) is 16.9 Å². The molecule has 136 valence electrons. The van der Waals surface area contributed by atoms with E-state index in [1.54, 1.807) is 28.9 Å². The monoisotopic (exact) mass is 369 g/mol. The molecule has 6 nitrogen and oxygen atoms in total. The van der Waals surface area contributed by atoms with Crippen LogP contribution in [0.15, 0.2) is 45.1 Å². The van der Waals surface area contributed by atoms with Gasteiger partial charge in [0.1, 0.15) is 16.6 Å². The van der Waals surface area contributed by atoms with E-state index >= 15 is 0 Å². The maximum Gasteiger partial charge on any atom is 0.272 e. The third-order valence-electron chi connectivity index (χ3n) is 4.80. The molecule has 4 heterocycles. The van der Waals surface area contributed by atoms with E-state index in [9.17, 15) is 4.79 Å². The second-order valence-electron chi connectivity index (χ2n) is 6.63. The zero-order chi connectivity index (χ0) is 18.4. The molecule has 26 heavy (non-hydrogen) atoms. The number of hydrogen-bond donors (Lipinski definition) is 1. The topological polar surface area (TPSA) is 62.5 Å². The number of hydrogen-bond acceptors (Lipinski definition) is 6. The molecule has 3 unspecified atom stereocenters. The van der Waals surface area contributed by atoms with Crippen LogP contribution in [0.2, 0.25) is 0 Å². The molecule has 5 rings (SSSR count). The van der Waals surface area contributed by atoms with Gasteiger partial charge in [0, 0.05) is 37.5 Å². The van der Waals surface area contributed by atoms with E-state index < -0.39 is 0 Å². The van der Waals surface area contributed by atoms with Gasteiger partial charge in [-0.3, -0.25) is 14.4 Å². The van der Waals surface area contributed by atoms with E-state index in [4.69, 9.17) is 0 Å². The highest BCUT2D eigenvalue weighted by atomic mass is 32.2. The fourth-order valence-corrected chi connectivity index (χ4v) is 4.62. The lowest BCUT2D eigenvalue weighted by Gasteiger charge is -2.24. The Labute approximate surface area is 157 Å². The Morgan fingerprint density at radius 1 is 1.35 bits per heavy atom. The zero-order valence-corrected chi connectivity index (χ0v) is 16.2.